The molecule has 0 aliphatic rings. The minimum Gasteiger partial charge on any atom is -0.747 e. The molecule has 0 saturated carbocycles. The minimum absolute atomic E-state index is 0. The van der Waals surface area contributed by atoms with Crippen LogP contribution in [0.1, 0.15) is 0 Å². The van der Waals surface area contributed by atoms with E-state index in [0.717, 1.165) is 24.6 Å². The second-order valence-corrected chi connectivity index (χ2v) is 9.90. The van der Waals surface area contributed by atoms with Crippen LogP contribution >= 0.6 is 15.8 Å². The van der Waals surface area contributed by atoms with Crippen molar-refractivity contribution in [2.45, 2.75) is 0 Å². The van der Waals surface area contributed by atoms with Gasteiger partial charge in [-0.25, -0.2) is 12.1 Å². The summed E-state index contributed by atoms with van der Waals surface area (Å²) >= 11 is 0. The van der Waals surface area contributed by atoms with E-state index in [1.807, 2.05) is 24.3 Å². The molecule has 2 rings (SSSR count). The van der Waals surface area contributed by atoms with Crippen LogP contribution in [0.5, 0.6) is 0 Å². The Labute approximate surface area is 167 Å². The summed E-state index contributed by atoms with van der Waals surface area (Å²) in [5.74, 6) is 0. The zero-order valence-electron chi connectivity index (χ0n) is 14.8. The molecule has 0 aliphatic heterocycles. The van der Waals surface area contributed by atoms with Gasteiger partial charge in [-0.05, 0) is 24.6 Å². The van der Waals surface area contributed by atoms with Crippen molar-refractivity contribution in [1.82, 2.24) is 0 Å². The van der Waals surface area contributed by atoms with Crippen molar-refractivity contribution >= 4 is 26.5 Å². The smallest absolute Gasteiger partial charge is 0 e. The molecular weight excluding hydrogens is 382 g/mol. The van der Waals surface area contributed by atoms with E-state index in [-0.39, 0.29) is 32.9 Å². The Hall–Kier alpha value is -0.961. The Morgan fingerprint density at radius 1 is 0.720 bits per heavy atom. The van der Waals surface area contributed by atoms with Gasteiger partial charge in [0.2, 0.25) is 0 Å². The summed E-state index contributed by atoms with van der Waals surface area (Å²) in [4.78, 5) is 0. The van der Waals surface area contributed by atoms with Gasteiger partial charge in [0.05, 0.1) is 0 Å². The second kappa shape index (κ2) is 15.3. The van der Waals surface area contributed by atoms with Crippen LogP contribution in [0.4, 0.5) is 0 Å². The molecule has 2 aromatic carbocycles. The van der Waals surface area contributed by atoms with Gasteiger partial charge in [-0.2, -0.15) is 12.1 Å². The summed E-state index contributed by atoms with van der Waals surface area (Å²) in [5.41, 5.74) is 0. The molecule has 140 valence electrons. The third-order valence-corrected chi connectivity index (χ3v) is 8.27. The van der Waals surface area contributed by atoms with Crippen LogP contribution in [-0.4, -0.2) is 24.6 Å². The maximum absolute atomic E-state index is 3.77. The summed E-state index contributed by atoms with van der Waals surface area (Å²) in [6.45, 7) is 15.1. The molecule has 0 aromatic heterocycles. The standard InChI is InChI=1S/2C11H14P.Fe/c2*1-3-9-12(10-4-2)11-7-5-6-8-11;/h2*3-8H,1-2,9-10H2;/q-5;-1;. The van der Waals surface area contributed by atoms with Gasteiger partial charge in [-0.3, -0.25) is 7.92 Å². The van der Waals surface area contributed by atoms with Gasteiger partial charge in [-0.15, -0.1) is 39.5 Å². The fourth-order valence-electron chi connectivity index (χ4n) is 2.34. The zero-order chi connectivity index (χ0) is 17.6. The van der Waals surface area contributed by atoms with Crippen molar-refractivity contribution in [2.24, 2.45) is 0 Å². The van der Waals surface area contributed by atoms with Crippen molar-refractivity contribution in [3.8, 4) is 0 Å². The average molecular weight is 410 g/mol. The average Bonchev–Trinajstić information content (AvgIpc) is 3.29. The molecule has 0 aliphatic carbocycles. The van der Waals surface area contributed by atoms with E-state index < -0.39 is 0 Å². The van der Waals surface area contributed by atoms with Gasteiger partial charge in [0.1, 0.15) is 0 Å². The first-order chi connectivity index (χ1) is 11.8. The van der Waals surface area contributed by atoms with Crippen LogP contribution < -0.4 is 10.6 Å². The molecule has 0 radical (unpaired) electrons. The normalized spacial score (nSPS) is 9.68. The molecular formula is C22H28FeP2-6. The maximum Gasteiger partial charge on any atom is 0 e. The van der Waals surface area contributed by atoms with Crippen molar-refractivity contribution in [3.05, 3.63) is 99.2 Å². The molecule has 0 N–H and O–H groups in total. The predicted octanol–water partition coefficient (Wildman–Crippen LogP) is 5.77. The van der Waals surface area contributed by atoms with Crippen molar-refractivity contribution in [2.75, 3.05) is 24.6 Å². The molecule has 2 aromatic rings. The Kier molecular flexibility index (Phi) is 14.7. The van der Waals surface area contributed by atoms with E-state index in [2.05, 4.69) is 74.8 Å². The third kappa shape index (κ3) is 9.34. The third-order valence-electron chi connectivity index (χ3n) is 3.42. The van der Waals surface area contributed by atoms with Gasteiger partial charge in [0.25, 0.3) is 0 Å². The SMILES string of the molecule is C=CCP(CC=C)[c-]1[cH-][cH-][cH-][cH-]1.C=CCP(CC=C)[c-]1cccc1.[Fe]. The molecule has 25 heavy (non-hydrogen) atoms. The molecule has 0 nitrogen and oxygen atoms in total. The van der Waals surface area contributed by atoms with E-state index in [9.17, 15) is 0 Å². The molecule has 0 atom stereocenters. The van der Waals surface area contributed by atoms with Crippen LogP contribution in [0.2, 0.25) is 0 Å². The molecule has 0 amide bonds. The quantitative estimate of drug-likeness (QED) is 0.202. The first-order valence-corrected chi connectivity index (χ1v) is 11.6. The monoisotopic (exact) mass is 410 g/mol. The van der Waals surface area contributed by atoms with Gasteiger partial charge >= 0.3 is 0 Å². The number of hydrogen-bond donors (Lipinski definition) is 0. The summed E-state index contributed by atoms with van der Waals surface area (Å²) in [6, 6.07) is 17.1. The van der Waals surface area contributed by atoms with Gasteiger partial charge < -0.3 is 29.6 Å². The van der Waals surface area contributed by atoms with Crippen molar-refractivity contribution < 1.29 is 17.1 Å². The minimum atomic E-state index is -0.0550. The molecule has 0 spiro atoms. The second-order valence-electron chi connectivity index (χ2n) is 5.25. The summed E-state index contributed by atoms with van der Waals surface area (Å²) in [7, 11) is -0.110. The van der Waals surface area contributed by atoms with Crippen LogP contribution in [-0.2, 0) is 17.1 Å². The van der Waals surface area contributed by atoms with E-state index in [1.54, 1.807) is 0 Å². The summed E-state index contributed by atoms with van der Waals surface area (Å²) in [5, 5.41) is 2.93. The van der Waals surface area contributed by atoms with Gasteiger partial charge in [0.15, 0.2) is 0 Å². The van der Waals surface area contributed by atoms with E-state index >= 15 is 0 Å². The summed E-state index contributed by atoms with van der Waals surface area (Å²) in [6.07, 6.45) is 12.4. The van der Waals surface area contributed by atoms with Crippen LogP contribution in [0.25, 0.3) is 0 Å². The summed E-state index contributed by atoms with van der Waals surface area (Å²) < 4.78 is 0. The Morgan fingerprint density at radius 2 is 1.12 bits per heavy atom. The number of rotatable bonds is 10. The Balaban J connectivity index is 0.000000443. The molecule has 0 fully saturated rings. The van der Waals surface area contributed by atoms with Gasteiger partial charge in [0, 0.05) is 17.1 Å². The van der Waals surface area contributed by atoms with Crippen LogP contribution in [0, 0.1) is 0 Å². The molecule has 0 unspecified atom stereocenters. The number of hydrogen-bond acceptors (Lipinski definition) is 0. The van der Waals surface area contributed by atoms with E-state index in [1.165, 1.54) is 10.6 Å². The van der Waals surface area contributed by atoms with Crippen molar-refractivity contribution in [3.63, 3.8) is 0 Å². The molecule has 0 saturated heterocycles. The van der Waals surface area contributed by atoms with E-state index in [4.69, 9.17) is 0 Å². The van der Waals surface area contributed by atoms with Crippen LogP contribution in [0.3, 0.4) is 0 Å². The van der Waals surface area contributed by atoms with E-state index in [0.29, 0.717) is 0 Å². The van der Waals surface area contributed by atoms with Gasteiger partial charge in [-0.1, -0.05) is 24.3 Å². The zero-order valence-corrected chi connectivity index (χ0v) is 17.7. The molecule has 3 heteroatoms. The van der Waals surface area contributed by atoms with Crippen LogP contribution in [0.15, 0.2) is 99.2 Å². The Morgan fingerprint density at radius 3 is 1.52 bits per heavy atom. The Bertz CT molecular complexity index is 507. The first-order valence-electron chi connectivity index (χ1n) is 8.13. The first kappa shape index (κ1) is 24.0. The molecule has 0 heterocycles. The fourth-order valence-corrected chi connectivity index (χ4v) is 5.92. The number of allylic oxidation sites excluding steroid dienone is 4. The topological polar surface area (TPSA) is 0 Å². The predicted molar refractivity (Wildman–Crippen MR) is 117 cm³/mol. The van der Waals surface area contributed by atoms with Crippen molar-refractivity contribution in [1.29, 1.82) is 0 Å². The molecule has 0 bridgehead atoms. The maximum atomic E-state index is 3.77. The largest absolute Gasteiger partial charge is 0.747 e. The fraction of sp³-hybridized carbons (Fsp3) is 0.182.